The predicted octanol–water partition coefficient (Wildman–Crippen LogP) is 0.237. The number of carbonyl (C=O) groups is 1. The predicted molar refractivity (Wildman–Crippen MR) is 46.3 cm³/mol. The van der Waals surface area contributed by atoms with E-state index in [1.807, 2.05) is 0 Å². The third-order valence-corrected chi connectivity index (χ3v) is 1.71. The molecule has 0 saturated heterocycles. The first-order valence-corrected chi connectivity index (χ1v) is 4.21. The minimum absolute atomic E-state index is 0.161. The average Bonchev–Trinajstić information content (AvgIpc) is 2.68. The van der Waals surface area contributed by atoms with Crippen LogP contribution in [0.25, 0.3) is 0 Å². The summed E-state index contributed by atoms with van der Waals surface area (Å²) in [6, 6.07) is 1.47. The van der Waals surface area contributed by atoms with E-state index in [4.69, 9.17) is 4.42 Å². The van der Waals surface area contributed by atoms with Crippen molar-refractivity contribution in [2.45, 2.75) is 19.1 Å². The van der Waals surface area contributed by atoms with Crippen LogP contribution in [0, 0.1) is 0 Å². The van der Waals surface area contributed by atoms with Crippen LogP contribution in [-0.2, 0) is 9.53 Å². The van der Waals surface area contributed by atoms with Gasteiger partial charge in [-0.2, -0.15) is 0 Å². The first-order chi connectivity index (χ1) is 6.66. The number of furan rings is 1. The fourth-order valence-corrected chi connectivity index (χ4v) is 0.982. The third-order valence-electron chi connectivity index (χ3n) is 1.71. The van der Waals surface area contributed by atoms with E-state index in [2.05, 4.69) is 4.74 Å². The zero-order chi connectivity index (χ0) is 10.6. The maximum atomic E-state index is 11.0. The van der Waals surface area contributed by atoms with Crippen LogP contribution in [0.3, 0.4) is 0 Å². The maximum absolute atomic E-state index is 11.0. The molecule has 0 fully saturated rings. The molecule has 2 unspecified atom stereocenters. The third kappa shape index (κ3) is 2.34. The molecule has 1 aromatic rings. The molecule has 1 rings (SSSR count). The smallest absolute Gasteiger partial charge is 0.338 e. The van der Waals surface area contributed by atoms with Gasteiger partial charge in [-0.05, 0) is 13.0 Å². The molecule has 0 aliphatic heterocycles. The van der Waals surface area contributed by atoms with Gasteiger partial charge < -0.3 is 19.4 Å². The highest BCUT2D eigenvalue weighted by Gasteiger charge is 2.27. The van der Waals surface area contributed by atoms with Gasteiger partial charge in [0.2, 0.25) is 0 Å². The van der Waals surface area contributed by atoms with Crippen molar-refractivity contribution in [3.63, 3.8) is 0 Å². The molecule has 0 saturated carbocycles. The number of ether oxygens (including phenoxy) is 1. The summed E-state index contributed by atoms with van der Waals surface area (Å²) >= 11 is 0. The molecule has 0 bridgehead atoms. The molecule has 78 valence electrons. The highest BCUT2D eigenvalue weighted by Crippen LogP contribution is 2.17. The Kier molecular flexibility index (Phi) is 3.67. The molecule has 0 aromatic carbocycles. The molecule has 14 heavy (non-hydrogen) atoms. The van der Waals surface area contributed by atoms with Crippen molar-refractivity contribution < 1.29 is 24.2 Å². The number of hydrogen-bond acceptors (Lipinski definition) is 5. The van der Waals surface area contributed by atoms with E-state index in [1.165, 1.54) is 18.6 Å². The standard InChI is InChI=1S/C9H12O5/c1-2-14-9(12)8(11)7(10)6-3-4-13-5-6/h3-5,7-8,10-11H,2H2,1H3. The van der Waals surface area contributed by atoms with Crippen LogP contribution in [0.15, 0.2) is 23.0 Å². The Morgan fingerprint density at radius 2 is 2.36 bits per heavy atom. The summed E-state index contributed by atoms with van der Waals surface area (Å²) in [4.78, 5) is 11.0. The topological polar surface area (TPSA) is 79.9 Å². The van der Waals surface area contributed by atoms with E-state index < -0.39 is 18.2 Å². The van der Waals surface area contributed by atoms with Gasteiger partial charge in [0.25, 0.3) is 0 Å². The van der Waals surface area contributed by atoms with Crippen molar-refractivity contribution in [1.82, 2.24) is 0 Å². The number of aliphatic hydroxyl groups excluding tert-OH is 2. The van der Waals surface area contributed by atoms with Gasteiger partial charge in [0, 0.05) is 5.56 Å². The monoisotopic (exact) mass is 200 g/mol. The average molecular weight is 200 g/mol. The van der Waals surface area contributed by atoms with Crippen LogP contribution in [0.2, 0.25) is 0 Å². The molecule has 5 nitrogen and oxygen atoms in total. The number of rotatable bonds is 4. The van der Waals surface area contributed by atoms with Gasteiger partial charge in [-0.15, -0.1) is 0 Å². The molecular weight excluding hydrogens is 188 g/mol. The van der Waals surface area contributed by atoms with Crippen LogP contribution in [0.4, 0.5) is 0 Å². The number of hydrogen-bond donors (Lipinski definition) is 2. The zero-order valence-corrected chi connectivity index (χ0v) is 7.71. The van der Waals surface area contributed by atoms with Crippen molar-refractivity contribution in [2.75, 3.05) is 6.61 Å². The fourth-order valence-electron chi connectivity index (χ4n) is 0.982. The van der Waals surface area contributed by atoms with Gasteiger partial charge in [0.05, 0.1) is 19.1 Å². The summed E-state index contributed by atoms with van der Waals surface area (Å²) in [5.41, 5.74) is 0.338. The van der Waals surface area contributed by atoms with E-state index >= 15 is 0 Å². The van der Waals surface area contributed by atoms with Gasteiger partial charge >= 0.3 is 5.97 Å². The van der Waals surface area contributed by atoms with E-state index in [0.29, 0.717) is 5.56 Å². The molecule has 1 aromatic heterocycles. The fraction of sp³-hybridized carbons (Fsp3) is 0.444. The molecule has 5 heteroatoms. The van der Waals surface area contributed by atoms with E-state index in [1.54, 1.807) is 6.92 Å². The largest absolute Gasteiger partial charge is 0.472 e. The van der Waals surface area contributed by atoms with E-state index in [0.717, 1.165) is 0 Å². The Bertz CT molecular complexity index is 279. The minimum Gasteiger partial charge on any atom is -0.472 e. The first kappa shape index (κ1) is 10.7. The van der Waals surface area contributed by atoms with Crippen molar-refractivity contribution in [3.05, 3.63) is 24.2 Å². The molecule has 1 heterocycles. The summed E-state index contributed by atoms with van der Waals surface area (Å²) < 4.78 is 9.25. The Labute approximate surface area is 80.9 Å². The van der Waals surface area contributed by atoms with Crippen LogP contribution >= 0.6 is 0 Å². The first-order valence-electron chi connectivity index (χ1n) is 4.21. The lowest BCUT2D eigenvalue weighted by Crippen LogP contribution is -2.29. The van der Waals surface area contributed by atoms with Crippen molar-refractivity contribution in [1.29, 1.82) is 0 Å². The lowest BCUT2D eigenvalue weighted by Gasteiger charge is -2.14. The summed E-state index contributed by atoms with van der Waals surface area (Å²) in [5, 5.41) is 18.8. The van der Waals surface area contributed by atoms with Gasteiger partial charge in [-0.3, -0.25) is 0 Å². The Hall–Kier alpha value is -1.33. The summed E-state index contributed by atoms with van der Waals surface area (Å²) in [5.74, 6) is -0.846. The number of esters is 1. The molecule has 2 atom stereocenters. The molecule has 0 spiro atoms. The van der Waals surface area contributed by atoms with Gasteiger partial charge in [-0.1, -0.05) is 0 Å². The lowest BCUT2D eigenvalue weighted by atomic mass is 10.1. The van der Waals surface area contributed by atoms with Crippen LogP contribution in [0.1, 0.15) is 18.6 Å². The molecule has 0 radical (unpaired) electrons. The van der Waals surface area contributed by atoms with Crippen LogP contribution < -0.4 is 0 Å². The van der Waals surface area contributed by atoms with Crippen molar-refractivity contribution in [3.8, 4) is 0 Å². The van der Waals surface area contributed by atoms with Crippen molar-refractivity contribution >= 4 is 5.97 Å². The molecule has 2 N–H and O–H groups in total. The maximum Gasteiger partial charge on any atom is 0.338 e. The second kappa shape index (κ2) is 4.78. The highest BCUT2D eigenvalue weighted by molar-refractivity contribution is 5.75. The number of aliphatic hydroxyl groups is 2. The molecule has 0 aliphatic carbocycles. The molecular formula is C9H12O5. The Balaban J connectivity index is 2.61. The van der Waals surface area contributed by atoms with Crippen LogP contribution in [-0.4, -0.2) is 28.9 Å². The second-order valence-corrected chi connectivity index (χ2v) is 2.70. The minimum atomic E-state index is -1.58. The molecule has 0 aliphatic rings. The molecule has 0 amide bonds. The summed E-state index contributed by atoms with van der Waals surface area (Å²) in [6.45, 7) is 1.78. The Morgan fingerprint density at radius 1 is 1.64 bits per heavy atom. The van der Waals surface area contributed by atoms with Gasteiger partial charge in [-0.25, -0.2) is 4.79 Å². The van der Waals surface area contributed by atoms with E-state index in [9.17, 15) is 15.0 Å². The summed E-state index contributed by atoms with van der Waals surface area (Å²) in [6.07, 6.45) is -0.288. The van der Waals surface area contributed by atoms with Gasteiger partial charge in [0.1, 0.15) is 6.10 Å². The van der Waals surface area contributed by atoms with Gasteiger partial charge in [0.15, 0.2) is 6.10 Å². The van der Waals surface area contributed by atoms with Crippen molar-refractivity contribution in [2.24, 2.45) is 0 Å². The van der Waals surface area contributed by atoms with E-state index in [-0.39, 0.29) is 6.61 Å². The second-order valence-electron chi connectivity index (χ2n) is 2.70. The highest BCUT2D eigenvalue weighted by atomic mass is 16.5. The number of carbonyl (C=O) groups excluding carboxylic acids is 1. The van der Waals surface area contributed by atoms with Crippen LogP contribution in [0.5, 0.6) is 0 Å². The lowest BCUT2D eigenvalue weighted by molar-refractivity contribution is -0.159. The zero-order valence-electron chi connectivity index (χ0n) is 7.71. The quantitative estimate of drug-likeness (QED) is 0.680. The summed E-state index contributed by atoms with van der Waals surface area (Å²) in [7, 11) is 0. The normalized spacial score (nSPS) is 14.8. The SMILES string of the molecule is CCOC(=O)C(O)C(O)c1ccoc1. The Morgan fingerprint density at radius 3 is 2.86 bits per heavy atom.